The lowest BCUT2D eigenvalue weighted by atomic mass is 10.0. The number of nitrogens with one attached hydrogen (secondary N) is 1. The number of carbonyl (C=O) groups is 2. The number of rotatable bonds is 11. The van der Waals surface area contributed by atoms with E-state index in [-0.39, 0.29) is 23.8 Å². The standard InChI is InChI=1S/C34H37N3O4S/c1-25-19-20-30(21-27(25)3)37(42(40,41)31-17-9-6-10-18-31)24-33(38)36(23-29-16-12-11-13-26(29)2)32(34(39)35-4)22-28-14-7-5-8-15-28/h5-21,32H,22-24H2,1-4H3,(H,35,39)/t32-/m1/s1. The van der Waals surface area contributed by atoms with E-state index in [1.807, 2.05) is 81.4 Å². The highest BCUT2D eigenvalue weighted by atomic mass is 32.2. The highest BCUT2D eigenvalue weighted by molar-refractivity contribution is 7.92. The van der Waals surface area contributed by atoms with Gasteiger partial charge in [-0.15, -0.1) is 0 Å². The first kappa shape index (κ1) is 30.5. The molecule has 0 aliphatic carbocycles. The maximum absolute atomic E-state index is 14.4. The van der Waals surface area contributed by atoms with Gasteiger partial charge in [-0.2, -0.15) is 0 Å². The first-order valence-electron chi connectivity index (χ1n) is 13.9. The lowest BCUT2D eigenvalue weighted by Gasteiger charge is -2.34. The van der Waals surface area contributed by atoms with Gasteiger partial charge in [-0.25, -0.2) is 8.42 Å². The fourth-order valence-electron chi connectivity index (χ4n) is 4.82. The Morgan fingerprint density at radius 2 is 1.38 bits per heavy atom. The second-order valence-corrected chi connectivity index (χ2v) is 12.2. The molecule has 0 saturated heterocycles. The van der Waals surface area contributed by atoms with Crippen LogP contribution in [0, 0.1) is 20.8 Å². The van der Waals surface area contributed by atoms with Crippen molar-refractivity contribution in [3.8, 4) is 0 Å². The predicted molar refractivity (Wildman–Crippen MR) is 167 cm³/mol. The third-order valence-electron chi connectivity index (χ3n) is 7.51. The first-order valence-corrected chi connectivity index (χ1v) is 15.3. The van der Waals surface area contributed by atoms with Crippen LogP contribution in [0.25, 0.3) is 0 Å². The van der Waals surface area contributed by atoms with Crippen LogP contribution in [-0.4, -0.2) is 44.8 Å². The quantitative estimate of drug-likeness (QED) is 0.263. The van der Waals surface area contributed by atoms with Gasteiger partial charge in [0, 0.05) is 20.0 Å². The minimum absolute atomic E-state index is 0.0774. The molecule has 1 N–H and O–H groups in total. The molecule has 0 fully saturated rings. The fourth-order valence-corrected chi connectivity index (χ4v) is 6.25. The summed E-state index contributed by atoms with van der Waals surface area (Å²) in [7, 11) is -2.58. The Morgan fingerprint density at radius 3 is 2.00 bits per heavy atom. The minimum atomic E-state index is -4.12. The maximum Gasteiger partial charge on any atom is 0.264 e. The van der Waals surface area contributed by atoms with Crippen LogP contribution in [0.15, 0.2) is 108 Å². The molecule has 4 aromatic rings. The monoisotopic (exact) mass is 583 g/mol. The van der Waals surface area contributed by atoms with E-state index in [0.717, 1.165) is 32.1 Å². The molecule has 1 atom stereocenters. The van der Waals surface area contributed by atoms with E-state index in [1.54, 1.807) is 30.3 Å². The van der Waals surface area contributed by atoms with E-state index in [1.165, 1.54) is 24.1 Å². The van der Waals surface area contributed by atoms with E-state index in [0.29, 0.717) is 5.69 Å². The maximum atomic E-state index is 14.4. The summed E-state index contributed by atoms with van der Waals surface area (Å²) < 4.78 is 29.2. The van der Waals surface area contributed by atoms with E-state index in [2.05, 4.69) is 5.32 Å². The SMILES string of the molecule is CNC(=O)[C@@H](Cc1ccccc1)N(Cc1ccccc1C)C(=O)CN(c1ccc(C)c(C)c1)S(=O)(=O)c1ccccc1. The number of nitrogens with zero attached hydrogens (tertiary/aromatic N) is 2. The number of aryl methyl sites for hydroxylation is 3. The number of amides is 2. The molecule has 0 bridgehead atoms. The normalized spacial score (nSPS) is 11.9. The molecular weight excluding hydrogens is 546 g/mol. The molecule has 8 heteroatoms. The average molecular weight is 584 g/mol. The molecular formula is C34H37N3O4S. The topological polar surface area (TPSA) is 86.8 Å². The van der Waals surface area contributed by atoms with Crippen molar-refractivity contribution >= 4 is 27.5 Å². The van der Waals surface area contributed by atoms with Crippen LogP contribution in [0.2, 0.25) is 0 Å². The summed E-state index contributed by atoms with van der Waals surface area (Å²) >= 11 is 0. The lowest BCUT2D eigenvalue weighted by Crippen LogP contribution is -2.53. The van der Waals surface area contributed by atoms with Crippen LogP contribution in [0.4, 0.5) is 5.69 Å². The van der Waals surface area contributed by atoms with Crippen LogP contribution in [-0.2, 0) is 32.6 Å². The molecule has 0 aliphatic heterocycles. The highest BCUT2D eigenvalue weighted by Crippen LogP contribution is 2.27. The van der Waals surface area contributed by atoms with E-state index >= 15 is 0 Å². The Kier molecular flexibility index (Phi) is 9.80. The van der Waals surface area contributed by atoms with Crippen molar-refractivity contribution in [3.63, 3.8) is 0 Å². The van der Waals surface area contributed by atoms with Crippen molar-refractivity contribution in [2.24, 2.45) is 0 Å². The van der Waals surface area contributed by atoms with Crippen molar-refractivity contribution in [2.45, 2.75) is 44.7 Å². The number of carbonyl (C=O) groups excluding carboxylic acids is 2. The molecule has 0 heterocycles. The predicted octanol–water partition coefficient (Wildman–Crippen LogP) is 5.19. The van der Waals surface area contributed by atoms with Gasteiger partial charge < -0.3 is 10.2 Å². The van der Waals surface area contributed by atoms with Crippen molar-refractivity contribution < 1.29 is 18.0 Å². The molecule has 42 heavy (non-hydrogen) atoms. The van der Waals surface area contributed by atoms with E-state index < -0.39 is 28.5 Å². The molecule has 4 rings (SSSR count). The third kappa shape index (κ3) is 7.06. The molecule has 0 saturated carbocycles. The molecule has 0 aliphatic rings. The Bertz CT molecular complexity index is 1640. The molecule has 0 spiro atoms. The van der Waals surface area contributed by atoms with Gasteiger partial charge in [0.2, 0.25) is 11.8 Å². The van der Waals surface area contributed by atoms with Gasteiger partial charge in [-0.3, -0.25) is 13.9 Å². The third-order valence-corrected chi connectivity index (χ3v) is 9.30. The highest BCUT2D eigenvalue weighted by Gasteiger charge is 2.34. The van der Waals surface area contributed by atoms with E-state index in [4.69, 9.17) is 0 Å². The minimum Gasteiger partial charge on any atom is -0.357 e. The Hall–Kier alpha value is -4.43. The summed E-state index contributed by atoms with van der Waals surface area (Å²) in [5, 5.41) is 2.71. The number of benzene rings is 4. The largest absolute Gasteiger partial charge is 0.357 e. The average Bonchev–Trinajstić information content (AvgIpc) is 3.00. The van der Waals surface area contributed by atoms with Crippen molar-refractivity contribution in [2.75, 3.05) is 17.9 Å². The number of sulfonamides is 1. The van der Waals surface area contributed by atoms with Crippen molar-refractivity contribution in [3.05, 3.63) is 131 Å². The molecule has 0 unspecified atom stereocenters. The lowest BCUT2D eigenvalue weighted by molar-refractivity contribution is -0.139. The molecule has 7 nitrogen and oxygen atoms in total. The van der Waals surface area contributed by atoms with Crippen molar-refractivity contribution in [1.82, 2.24) is 10.2 Å². The number of hydrogen-bond donors (Lipinski definition) is 1. The van der Waals surface area contributed by atoms with Gasteiger partial charge in [0.25, 0.3) is 10.0 Å². The Morgan fingerprint density at radius 1 is 0.762 bits per heavy atom. The van der Waals surface area contributed by atoms with Gasteiger partial charge in [-0.1, -0.05) is 78.9 Å². The summed E-state index contributed by atoms with van der Waals surface area (Å²) in [5.74, 6) is -0.815. The van der Waals surface area contributed by atoms with Crippen LogP contribution in [0.1, 0.15) is 27.8 Å². The smallest absolute Gasteiger partial charge is 0.264 e. The summed E-state index contributed by atoms with van der Waals surface area (Å²) in [6.07, 6.45) is 0.271. The van der Waals surface area contributed by atoms with Gasteiger partial charge >= 0.3 is 0 Å². The summed E-state index contributed by atoms with van der Waals surface area (Å²) in [6, 6.07) is 29.7. The number of hydrogen-bond acceptors (Lipinski definition) is 4. The number of likely N-dealkylation sites (N-methyl/N-ethyl adjacent to an activating group) is 1. The van der Waals surface area contributed by atoms with Crippen LogP contribution >= 0.6 is 0 Å². The van der Waals surface area contributed by atoms with E-state index in [9.17, 15) is 18.0 Å². The second-order valence-electron chi connectivity index (χ2n) is 10.4. The molecule has 218 valence electrons. The molecule has 0 radical (unpaired) electrons. The summed E-state index contributed by atoms with van der Waals surface area (Å²) in [6.45, 7) is 5.46. The van der Waals surface area contributed by atoms with Gasteiger partial charge in [-0.05, 0) is 72.9 Å². The summed E-state index contributed by atoms with van der Waals surface area (Å²) in [5.41, 5.74) is 5.01. The van der Waals surface area contributed by atoms with Crippen LogP contribution in [0.5, 0.6) is 0 Å². The Labute approximate surface area is 248 Å². The van der Waals surface area contributed by atoms with Gasteiger partial charge in [0.1, 0.15) is 12.6 Å². The zero-order valence-electron chi connectivity index (χ0n) is 24.4. The van der Waals surface area contributed by atoms with Gasteiger partial charge in [0.15, 0.2) is 0 Å². The summed E-state index contributed by atoms with van der Waals surface area (Å²) in [4.78, 5) is 29.3. The molecule has 0 aromatic heterocycles. The Balaban J connectivity index is 1.81. The molecule has 4 aromatic carbocycles. The van der Waals surface area contributed by atoms with Crippen molar-refractivity contribution in [1.29, 1.82) is 0 Å². The molecule has 2 amide bonds. The van der Waals surface area contributed by atoms with Crippen LogP contribution < -0.4 is 9.62 Å². The zero-order chi connectivity index (χ0) is 30.3. The fraction of sp³-hybridized carbons (Fsp3) is 0.235. The first-order chi connectivity index (χ1) is 20.1. The second kappa shape index (κ2) is 13.5. The zero-order valence-corrected chi connectivity index (χ0v) is 25.3. The van der Waals surface area contributed by atoms with Gasteiger partial charge in [0.05, 0.1) is 10.6 Å². The van der Waals surface area contributed by atoms with Crippen LogP contribution in [0.3, 0.4) is 0 Å². The number of anilines is 1.